The van der Waals surface area contributed by atoms with Crippen molar-refractivity contribution in [2.45, 2.75) is 25.3 Å². The maximum Gasteiger partial charge on any atom is 0.269 e. The third-order valence-electron chi connectivity index (χ3n) is 4.03. The molecule has 23 heavy (non-hydrogen) atoms. The SMILES string of the molecule is O=[N+]([O-])c1ccc(NC2CCCC=C2c2ccc(Br)cc2)cc1. The highest BCUT2D eigenvalue weighted by atomic mass is 79.9. The first-order valence-corrected chi connectivity index (χ1v) is 8.40. The van der Waals surface area contributed by atoms with E-state index < -0.39 is 0 Å². The lowest BCUT2D eigenvalue weighted by atomic mass is 9.89. The van der Waals surface area contributed by atoms with Gasteiger partial charge in [-0.05, 0) is 54.7 Å². The van der Waals surface area contributed by atoms with Gasteiger partial charge in [-0.2, -0.15) is 0 Å². The molecular weight excluding hydrogens is 356 g/mol. The summed E-state index contributed by atoms with van der Waals surface area (Å²) in [5, 5.41) is 14.2. The van der Waals surface area contributed by atoms with Gasteiger partial charge in [0.05, 0.1) is 11.0 Å². The molecule has 0 aromatic heterocycles. The summed E-state index contributed by atoms with van der Waals surface area (Å²) in [6, 6.07) is 15.2. The zero-order valence-electron chi connectivity index (χ0n) is 12.5. The minimum atomic E-state index is -0.377. The zero-order valence-corrected chi connectivity index (χ0v) is 14.1. The quantitative estimate of drug-likeness (QED) is 0.576. The van der Waals surface area contributed by atoms with E-state index in [1.807, 2.05) is 12.1 Å². The van der Waals surface area contributed by atoms with E-state index in [1.54, 1.807) is 12.1 Å². The highest BCUT2D eigenvalue weighted by molar-refractivity contribution is 9.10. The van der Waals surface area contributed by atoms with Crippen LogP contribution < -0.4 is 5.32 Å². The minimum absolute atomic E-state index is 0.114. The Kier molecular flexibility index (Phi) is 4.76. The van der Waals surface area contributed by atoms with Crippen molar-refractivity contribution >= 4 is 32.9 Å². The number of allylic oxidation sites excluding steroid dienone is 1. The van der Waals surface area contributed by atoms with Gasteiger partial charge in [0.15, 0.2) is 0 Å². The summed E-state index contributed by atoms with van der Waals surface area (Å²) < 4.78 is 1.07. The van der Waals surface area contributed by atoms with Crippen LogP contribution in [0.25, 0.3) is 5.57 Å². The van der Waals surface area contributed by atoms with Crippen LogP contribution in [0.3, 0.4) is 0 Å². The molecule has 1 atom stereocenters. The van der Waals surface area contributed by atoms with Crippen LogP contribution in [0.1, 0.15) is 24.8 Å². The van der Waals surface area contributed by atoms with Crippen molar-refractivity contribution in [3.05, 3.63) is 74.8 Å². The van der Waals surface area contributed by atoms with E-state index in [4.69, 9.17) is 0 Å². The Bertz CT molecular complexity index is 724. The summed E-state index contributed by atoms with van der Waals surface area (Å²) in [5.74, 6) is 0. The van der Waals surface area contributed by atoms with Crippen molar-refractivity contribution in [2.24, 2.45) is 0 Å². The molecule has 1 unspecified atom stereocenters. The van der Waals surface area contributed by atoms with Crippen molar-refractivity contribution in [2.75, 3.05) is 5.32 Å². The molecule has 0 radical (unpaired) electrons. The second kappa shape index (κ2) is 6.96. The van der Waals surface area contributed by atoms with Crippen LogP contribution in [0, 0.1) is 10.1 Å². The van der Waals surface area contributed by atoms with Crippen LogP contribution in [0.5, 0.6) is 0 Å². The Morgan fingerprint density at radius 3 is 2.43 bits per heavy atom. The largest absolute Gasteiger partial charge is 0.378 e. The Balaban J connectivity index is 1.80. The van der Waals surface area contributed by atoms with Gasteiger partial charge >= 0.3 is 0 Å². The Hall–Kier alpha value is -2.14. The van der Waals surface area contributed by atoms with E-state index in [0.29, 0.717) is 0 Å². The monoisotopic (exact) mass is 372 g/mol. The highest BCUT2D eigenvalue weighted by Crippen LogP contribution is 2.31. The van der Waals surface area contributed by atoms with Crippen LogP contribution in [0.4, 0.5) is 11.4 Å². The third kappa shape index (κ3) is 3.79. The number of anilines is 1. The van der Waals surface area contributed by atoms with Crippen molar-refractivity contribution in [3.8, 4) is 0 Å². The smallest absolute Gasteiger partial charge is 0.269 e. The molecule has 0 fully saturated rings. The zero-order chi connectivity index (χ0) is 16.2. The molecule has 1 aliphatic carbocycles. The molecule has 4 nitrogen and oxygen atoms in total. The number of nitro benzene ring substituents is 1. The summed E-state index contributed by atoms with van der Waals surface area (Å²) in [5.41, 5.74) is 3.53. The van der Waals surface area contributed by atoms with Crippen LogP contribution in [-0.2, 0) is 0 Å². The predicted octanol–water partition coefficient (Wildman–Crippen LogP) is 5.41. The molecule has 0 aliphatic heterocycles. The molecule has 1 aliphatic rings. The van der Waals surface area contributed by atoms with E-state index in [1.165, 1.54) is 23.3 Å². The average molecular weight is 373 g/mol. The molecule has 3 rings (SSSR count). The maximum absolute atomic E-state index is 10.7. The fraction of sp³-hybridized carbons (Fsp3) is 0.222. The van der Waals surface area contributed by atoms with E-state index >= 15 is 0 Å². The summed E-state index contributed by atoms with van der Waals surface area (Å²) >= 11 is 3.47. The molecule has 0 amide bonds. The Morgan fingerprint density at radius 1 is 1.09 bits per heavy atom. The molecule has 0 saturated carbocycles. The van der Waals surface area contributed by atoms with Gasteiger partial charge in [0, 0.05) is 22.3 Å². The van der Waals surface area contributed by atoms with Crippen molar-refractivity contribution in [3.63, 3.8) is 0 Å². The molecule has 2 aromatic carbocycles. The van der Waals surface area contributed by atoms with Gasteiger partial charge in [0.25, 0.3) is 5.69 Å². The molecule has 0 heterocycles. The van der Waals surface area contributed by atoms with E-state index in [9.17, 15) is 10.1 Å². The molecule has 0 spiro atoms. The second-order valence-electron chi connectivity index (χ2n) is 5.60. The highest BCUT2D eigenvalue weighted by Gasteiger charge is 2.19. The van der Waals surface area contributed by atoms with Gasteiger partial charge in [-0.3, -0.25) is 10.1 Å². The lowest BCUT2D eigenvalue weighted by molar-refractivity contribution is -0.384. The van der Waals surface area contributed by atoms with Crippen LogP contribution in [0.2, 0.25) is 0 Å². The van der Waals surface area contributed by atoms with Gasteiger partial charge in [-0.25, -0.2) is 0 Å². The number of nitrogens with one attached hydrogen (secondary N) is 1. The first-order valence-electron chi connectivity index (χ1n) is 7.60. The summed E-state index contributed by atoms with van der Waals surface area (Å²) in [4.78, 5) is 10.4. The Morgan fingerprint density at radius 2 is 1.78 bits per heavy atom. The van der Waals surface area contributed by atoms with E-state index in [2.05, 4.69) is 39.5 Å². The third-order valence-corrected chi connectivity index (χ3v) is 4.56. The summed E-state index contributed by atoms with van der Waals surface area (Å²) in [6.07, 6.45) is 5.57. The first-order chi connectivity index (χ1) is 11.1. The molecular formula is C18H17BrN2O2. The van der Waals surface area contributed by atoms with Crippen LogP contribution >= 0.6 is 15.9 Å². The number of nitro groups is 1. The number of hydrogen-bond acceptors (Lipinski definition) is 3. The first kappa shape index (κ1) is 15.7. The van der Waals surface area contributed by atoms with Crippen molar-refractivity contribution in [1.29, 1.82) is 0 Å². The van der Waals surface area contributed by atoms with Crippen molar-refractivity contribution in [1.82, 2.24) is 0 Å². The van der Waals surface area contributed by atoms with Gasteiger partial charge < -0.3 is 5.32 Å². The van der Waals surface area contributed by atoms with Crippen molar-refractivity contribution < 1.29 is 4.92 Å². The van der Waals surface area contributed by atoms with Gasteiger partial charge in [-0.1, -0.05) is 34.1 Å². The standard InChI is InChI=1S/C18H17BrN2O2/c19-14-7-5-13(6-8-14)17-3-1-2-4-18(17)20-15-9-11-16(12-10-15)21(22)23/h3,5-12,18,20H,1-2,4H2. The van der Waals surface area contributed by atoms with E-state index in [-0.39, 0.29) is 16.7 Å². The van der Waals surface area contributed by atoms with Gasteiger partial charge in [-0.15, -0.1) is 0 Å². The fourth-order valence-electron chi connectivity index (χ4n) is 2.87. The number of hydrogen-bond donors (Lipinski definition) is 1. The second-order valence-corrected chi connectivity index (χ2v) is 6.51. The molecule has 118 valence electrons. The average Bonchev–Trinajstić information content (AvgIpc) is 2.57. The number of non-ortho nitro benzene ring substituents is 1. The van der Waals surface area contributed by atoms with Gasteiger partial charge in [0.1, 0.15) is 0 Å². The lowest BCUT2D eigenvalue weighted by Crippen LogP contribution is -2.23. The maximum atomic E-state index is 10.7. The molecule has 0 bridgehead atoms. The van der Waals surface area contributed by atoms with E-state index in [0.717, 1.165) is 29.4 Å². The predicted molar refractivity (Wildman–Crippen MR) is 96.5 cm³/mol. The molecule has 5 heteroatoms. The normalized spacial score (nSPS) is 17.4. The summed E-state index contributed by atoms with van der Waals surface area (Å²) in [7, 11) is 0. The number of halogens is 1. The molecule has 0 saturated heterocycles. The number of nitrogens with zero attached hydrogens (tertiary/aromatic N) is 1. The Labute approximate surface area is 143 Å². The van der Waals surface area contributed by atoms with Crippen LogP contribution in [0.15, 0.2) is 59.1 Å². The molecule has 2 aromatic rings. The minimum Gasteiger partial charge on any atom is -0.378 e. The molecule has 1 N–H and O–H groups in total. The lowest BCUT2D eigenvalue weighted by Gasteiger charge is -2.26. The fourth-order valence-corrected chi connectivity index (χ4v) is 3.13. The summed E-state index contributed by atoms with van der Waals surface area (Å²) in [6.45, 7) is 0. The van der Waals surface area contributed by atoms with Gasteiger partial charge in [0.2, 0.25) is 0 Å². The van der Waals surface area contributed by atoms with Crippen LogP contribution in [-0.4, -0.2) is 11.0 Å². The number of rotatable bonds is 4. The number of benzene rings is 2. The topological polar surface area (TPSA) is 55.2 Å².